The van der Waals surface area contributed by atoms with Gasteiger partial charge in [-0.15, -0.1) is 10.2 Å². The summed E-state index contributed by atoms with van der Waals surface area (Å²) in [5.74, 6) is 0.532. The van der Waals surface area contributed by atoms with Crippen LogP contribution in [0.2, 0.25) is 0 Å². The van der Waals surface area contributed by atoms with Crippen molar-refractivity contribution in [1.82, 2.24) is 15.4 Å². The van der Waals surface area contributed by atoms with E-state index in [2.05, 4.69) is 39.9 Å². The minimum atomic E-state index is -3.54. The summed E-state index contributed by atoms with van der Waals surface area (Å²) in [7, 11) is -3.54. The van der Waals surface area contributed by atoms with Crippen molar-refractivity contribution in [2.24, 2.45) is 0 Å². The van der Waals surface area contributed by atoms with Crippen LogP contribution in [0.15, 0.2) is 0 Å². The zero-order valence-corrected chi connectivity index (χ0v) is 16.1. The average Bonchev–Trinajstić information content (AvgIpc) is 2.56. The normalized spacial score (nSPS) is 11.5. The number of hydrogen-bond donors (Lipinski definition) is 2. The Balaban J connectivity index is 3.19. The number of aromatic nitrogens is 3. The van der Waals surface area contributed by atoms with Gasteiger partial charge in [0.05, 0.1) is 13.2 Å². The summed E-state index contributed by atoms with van der Waals surface area (Å²) in [6.07, 6.45) is 4.08. The van der Waals surface area contributed by atoms with E-state index in [4.69, 9.17) is 9.05 Å². The molecule has 0 saturated carbocycles. The smallest absolute Gasteiger partial charge is 0.380 e. The van der Waals surface area contributed by atoms with Crippen molar-refractivity contribution in [3.8, 4) is 0 Å². The van der Waals surface area contributed by atoms with Crippen LogP contribution in [0.5, 0.6) is 0 Å². The van der Waals surface area contributed by atoms with E-state index in [0.29, 0.717) is 11.5 Å². The maximum absolute atomic E-state index is 13.1. The summed E-state index contributed by atoms with van der Waals surface area (Å²) >= 11 is 0. The van der Waals surface area contributed by atoms with E-state index >= 15 is 0 Å². The van der Waals surface area contributed by atoms with Crippen molar-refractivity contribution in [1.29, 1.82) is 0 Å². The first-order valence-corrected chi connectivity index (χ1v) is 10.3. The third-order valence-corrected chi connectivity index (χ3v) is 5.29. The first-order valence-electron chi connectivity index (χ1n) is 8.73. The largest absolute Gasteiger partial charge is 0.383 e. The molecule has 0 atom stereocenters. The Morgan fingerprint density at radius 1 is 0.917 bits per heavy atom. The molecule has 1 heterocycles. The lowest BCUT2D eigenvalue weighted by atomic mass is 10.3. The molecule has 24 heavy (non-hydrogen) atoms. The molecule has 0 bridgehead atoms. The lowest BCUT2D eigenvalue weighted by Crippen LogP contribution is -2.24. The quantitative estimate of drug-likeness (QED) is 0.409. The Kier molecular flexibility index (Phi) is 9.83. The summed E-state index contributed by atoms with van der Waals surface area (Å²) in [4.78, 5) is 0. The summed E-state index contributed by atoms with van der Waals surface area (Å²) in [6.45, 7) is 9.75. The first-order chi connectivity index (χ1) is 11.6. The second-order valence-electron chi connectivity index (χ2n) is 5.23. The van der Waals surface area contributed by atoms with Crippen molar-refractivity contribution in [3.63, 3.8) is 0 Å². The monoisotopic (exact) mass is 359 g/mol. The van der Waals surface area contributed by atoms with Crippen LogP contribution in [0.1, 0.15) is 53.4 Å². The van der Waals surface area contributed by atoms with Crippen LogP contribution in [0, 0.1) is 0 Å². The molecule has 0 spiro atoms. The highest BCUT2D eigenvalue weighted by atomic mass is 31.2. The topological polar surface area (TPSA) is 98.3 Å². The molecule has 0 aliphatic heterocycles. The third kappa shape index (κ3) is 6.00. The van der Waals surface area contributed by atoms with Crippen LogP contribution in [-0.4, -0.2) is 41.7 Å². The Hall–Kier alpha value is -1.24. The predicted octanol–water partition coefficient (Wildman–Crippen LogP) is 3.19. The van der Waals surface area contributed by atoms with Gasteiger partial charge in [0.15, 0.2) is 5.82 Å². The molecular weight excluding hydrogens is 329 g/mol. The lowest BCUT2D eigenvalue weighted by Gasteiger charge is -2.20. The maximum Gasteiger partial charge on any atom is 0.383 e. The number of rotatable bonds is 13. The van der Waals surface area contributed by atoms with Gasteiger partial charge in [-0.1, -0.05) is 26.7 Å². The second-order valence-corrected chi connectivity index (χ2v) is 7.17. The van der Waals surface area contributed by atoms with Crippen LogP contribution < -0.4 is 16.1 Å². The molecule has 1 rings (SSSR count). The molecule has 0 fully saturated rings. The van der Waals surface area contributed by atoms with E-state index < -0.39 is 7.60 Å². The zero-order valence-electron chi connectivity index (χ0n) is 15.2. The van der Waals surface area contributed by atoms with Gasteiger partial charge in [0.1, 0.15) is 5.69 Å². The molecule has 9 heteroatoms. The molecule has 2 N–H and O–H groups in total. The second kappa shape index (κ2) is 11.3. The molecule has 0 unspecified atom stereocenters. The molecule has 0 amide bonds. The van der Waals surface area contributed by atoms with E-state index in [9.17, 15) is 4.57 Å². The highest BCUT2D eigenvalue weighted by Crippen LogP contribution is 2.48. The Morgan fingerprint density at radius 2 is 1.50 bits per heavy atom. The molecular formula is C15H30N5O3P. The van der Waals surface area contributed by atoms with E-state index in [1.54, 1.807) is 13.8 Å². The summed E-state index contributed by atoms with van der Waals surface area (Å²) in [5.41, 5.74) is 0.746. The molecule has 0 aliphatic carbocycles. The highest BCUT2D eigenvalue weighted by Gasteiger charge is 2.34. The fraction of sp³-hybridized carbons (Fsp3) is 0.800. The minimum Gasteiger partial charge on any atom is -0.380 e. The van der Waals surface area contributed by atoms with Gasteiger partial charge in [0.2, 0.25) is 5.44 Å². The van der Waals surface area contributed by atoms with Crippen molar-refractivity contribution >= 4 is 24.5 Å². The standard InChI is InChI=1S/C15H30N5O3P/c1-5-9-11-16-13-14(17-12-10-6-2)18-20-19-15(13)24(21,22-7-3)23-8-4/h5-12H2,1-4H3,(H,16,20)(H,17,18,19). The highest BCUT2D eigenvalue weighted by molar-refractivity contribution is 7.62. The molecule has 0 radical (unpaired) electrons. The number of anilines is 2. The molecule has 8 nitrogen and oxygen atoms in total. The number of nitrogens with zero attached hydrogens (tertiary/aromatic N) is 3. The summed E-state index contributed by atoms with van der Waals surface area (Å²) in [6, 6.07) is 0. The molecule has 0 saturated heterocycles. The van der Waals surface area contributed by atoms with E-state index in [1.807, 2.05) is 0 Å². The van der Waals surface area contributed by atoms with Gasteiger partial charge in [0.25, 0.3) is 0 Å². The van der Waals surface area contributed by atoms with Gasteiger partial charge in [0, 0.05) is 13.1 Å². The van der Waals surface area contributed by atoms with Crippen LogP contribution in [0.4, 0.5) is 11.5 Å². The number of unbranched alkanes of at least 4 members (excludes halogenated alkanes) is 2. The maximum atomic E-state index is 13.1. The van der Waals surface area contributed by atoms with Gasteiger partial charge in [-0.2, -0.15) is 0 Å². The van der Waals surface area contributed by atoms with Crippen molar-refractivity contribution in [3.05, 3.63) is 0 Å². The number of nitrogens with one attached hydrogen (secondary N) is 2. The molecule has 138 valence electrons. The van der Waals surface area contributed by atoms with Gasteiger partial charge in [-0.3, -0.25) is 4.57 Å². The van der Waals surface area contributed by atoms with Gasteiger partial charge < -0.3 is 19.7 Å². The van der Waals surface area contributed by atoms with Crippen LogP contribution in [0.25, 0.3) is 0 Å². The van der Waals surface area contributed by atoms with Crippen molar-refractivity contribution < 1.29 is 13.6 Å². The van der Waals surface area contributed by atoms with Crippen molar-refractivity contribution in [2.45, 2.75) is 53.4 Å². The SMILES string of the molecule is CCCCNc1nnnc(P(=O)(OCC)OCC)c1NCCCC. The Morgan fingerprint density at radius 3 is 2.04 bits per heavy atom. The number of hydrogen-bond acceptors (Lipinski definition) is 8. The molecule has 0 aromatic carbocycles. The first kappa shape index (κ1) is 20.8. The van der Waals surface area contributed by atoms with Crippen LogP contribution in [-0.2, 0) is 13.6 Å². The molecule has 0 aliphatic rings. The summed E-state index contributed by atoms with van der Waals surface area (Å²) < 4.78 is 23.9. The average molecular weight is 359 g/mol. The fourth-order valence-electron chi connectivity index (χ4n) is 2.07. The molecule has 1 aromatic heterocycles. The zero-order chi connectivity index (χ0) is 17.8. The van der Waals surface area contributed by atoms with Gasteiger partial charge in [-0.25, -0.2) is 0 Å². The Bertz CT molecular complexity index is 520. The van der Waals surface area contributed by atoms with Crippen LogP contribution >= 0.6 is 7.60 Å². The Labute approximate surface area is 144 Å². The van der Waals surface area contributed by atoms with E-state index in [-0.39, 0.29) is 18.6 Å². The van der Waals surface area contributed by atoms with Gasteiger partial charge in [-0.05, 0) is 31.9 Å². The predicted molar refractivity (Wildman–Crippen MR) is 97.1 cm³/mol. The van der Waals surface area contributed by atoms with E-state index in [1.165, 1.54) is 0 Å². The lowest BCUT2D eigenvalue weighted by molar-refractivity contribution is 0.229. The van der Waals surface area contributed by atoms with Crippen LogP contribution in [0.3, 0.4) is 0 Å². The summed E-state index contributed by atoms with van der Waals surface area (Å²) in [5, 5.41) is 18.3. The molecule has 1 aromatic rings. The van der Waals surface area contributed by atoms with Gasteiger partial charge >= 0.3 is 7.60 Å². The third-order valence-electron chi connectivity index (χ3n) is 3.26. The minimum absolute atomic E-state index is 0.191. The fourth-order valence-corrected chi connectivity index (χ4v) is 3.67. The van der Waals surface area contributed by atoms with Crippen molar-refractivity contribution in [2.75, 3.05) is 36.9 Å². The van der Waals surface area contributed by atoms with E-state index in [0.717, 1.165) is 38.8 Å².